The van der Waals surface area contributed by atoms with Crippen molar-refractivity contribution in [2.24, 2.45) is 0 Å². The number of rotatable bonds is 67. The summed E-state index contributed by atoms with van der Waals surface area (Å²) in [6.45, 7) is 6.68. The molecule has 80 heavy (non-hydrogen) atoms. The summed E-state index contributed by atoms with van der Waals surface area (Å²) in [5.41, 5.74) is 0. The van der Waals surface area contributed by atoms with Crippen LogP contribution in [-0.4, -0.2) is 37.2 Å². The molecule has 0 aliphatic heterocycles. The van der Waals surface area contributed by atoms with Crippen LogP contribution in [0, 0.1) is 0 Å². The number of ether oxygens (including phenoxy) is 3. The SMILES string of the molecule is CCCCC/C=C\C/C=C\CCCCCCCC(=O)OCC(COC(=O)CCCCCCCCCCCCCCCCCCC/C=C\CCCCCCCCCC)OC(=O)CCCCCCCCCCCCCCCCCCCC. The van der Waals surface area contributed by atoms with Gasteiger partial charge in [-0.3, -0.25) is 14.4 Å². The average Bonchev–Trinajstić information content (AvgIpc) is 3.46. The molecule has 0 amide bonds. The highest BCUT2D eigenvalue weighted by molar-refractivity contribution is 5.71. The van der Waals surface area contributed by atoms with Gasteiger partial charge in [0.2, 0.25) is 0 Å². The smallest absolute Gasteiger partial charge is 0.306 e. The molecule has 6 nitrogen and oxygen atoms in total. The molecule has 0 aromatic carbocycles. The van der Waals surface area contributed by atoms with Crippen LogP contribution in [-0.2, 0) is 28.6 Å². The van der Waals surface area contributed by atoms with Crippen molar-refractivity contribution < 1.29 is 28.6 Å². The van der Waals surface area contributed by atoms with Gasteiger partial charge in [-0.05, 0) is 77.0 Å². The molecule has 0 rings (SSSR count). The van der Waals surface area contributed by atoms with E-state index in [0.717, 1.165) is 77.0 Å². The van der Waals surface area contributed by atoms with Crippen molar-refractivity contribution >= 4 is 17.9 Å². The van der Waals surface area contributed by atoms with Gasteiger partial charge in [0.05, 0.1) is 0 Å². The Morgan fingerprint density at radius 1 is 0.250 bits per heavy atom. The molecule has 0 bridgehead atoms. The van der Waals surface area contributed by atoms with Crippen molar-refractivity contribution in [2.75, 3.05) is 13.2 Å². The summed E-state index contributed by atoms with van der Waals surface area (Å²) in [6.07, 6.45) is 86.1. The topological polar surface area (TPSA) is 78.9 Å². The third-order valence-electron chi connectivity index (χ3n) is 16.4. The average molecular weight is 1120 g/mol. The van der Waals surface area contributed by atoms with E-state index in [-0.39, 0.29) is 31.1 Å². The van der Waals surface area contributed by atoms with Gasteiger partial charge < -0.3 is 14.2 Å². The quantitative estimate of drug-likeness (QED) is 0.0261. The fourth-order valence-electron chi connectivity index (χ4n) is 10.9. The first-order valence-electron chi connectivity index (χ1n) is 36.0. The first-order chi connectivity index (χ1) is 39.5. The standard InChI is InChI=1S/C74H138O6/c1-4-7-10-13-16-19-22-25-28-30-32-33-34-35-36-37-38-39-40-41-42-44-46-49-52-55-58-61-64-67-73(76)79-70-71(69-78-72(75)66-63-60-57-54-51-48-45-27-24-21-18-15-12-9-6-3)80-74(77)68-65-62-59-56-53-50-47-43-31-29-26-23-20-17-14-11-8-5-2/h18,21,27,30,32,45,71H,4-17,19-20,22-26,28-29,31,33-44,46-70H2,1-3H3/b21-18-,32-30-,45-27-. The molecule has 0 fully saturated rings. The van der Waals surface area contributed by atoms with E-state index in [1.807, 2.05) is 0 Å². The predicted octanol–water partition coefficient (Wildman–Crippen LogP) is 24.7. The summed E-state index contributed by atoms with van der Waals surface area (Å²) in [5.74, 6) is -0.855. The monoisotopic (exact) mass is 1120 g/mol. The van der Waals surface area contributed by atoms with Crippen LogP contribution >= 0.6 is 0 Å². The van der Waals surface area contributed by atoms with E-state index in [1.165, 1.54) is 283 Å². The maximum absolute atomic E-state index is 12.9. The Balaban J connectivity index is 4.20. The molecule has 6 heteroatoms. The van der Waals surface area contributed by atoms with Crippen molar-refractivity contribution in [3.05, 3.63) is 36.5 Å². The molecule has 470 valence electrons. The second-order valence-corrected chi connectivity index (χ2v) is 24.5. The van der Waals surface area contributed by atoms with E-state index in [2.05, 4.69) is 57.2 Å². The van der Waals surface area contributed by atoms with Gasteiger partial charge in [-0.1, -0.05) is 340 Å². The molecule has 1 atom stereocenters. The molecular weight excluding hydrogens is 985 g/mol. The highest BCUT2D eigenvalue weighted by Gasteiger charge is 2.19. The second kappa shape index (κ2) is 69.1. The number of carbonyl (C=O) groups excluding carboxylic acids is 3. The third kappa shape index (κ3) is 66.4. The Morgan fingerprint density at radius 2 is 0.450 bits per heavy atom. The molecule has 0 heterocycles. The van der Waals surface area contributed by atoms with Crippen LogP contribution < -0.4 is 0 Å². The van der Waals surface area contributed by atoms with E-state index in [9.17, 15) is 14.4 Å². The zero-order valence-corrected chi connectivity index (χ0v) is 54.1. The minimum Gasteiger partial charge on any atom is -0.462 e. The summed E-state index contributed by atoms with van der Waals surface area (Å²) >= 11 is 0. The lowest BCUT2D eigenvalue weighted by atomic mass is 10.0. The number of esters is 3. The maximum Gasteiger partial charge on any atom is 0.306 e. The Labute approximate surface area is 499 Å². The molecular formula is C74H138O6. The summed E-state index contributed by atoms with van der Waals surface area (Å²) in [4.78, 5) is 38.4. The van der Waals surface area contributed by atoms with Gasteiger partial charge in [-0.15, -0.1) is 0 Å². The van der Waals surface area contributed by atoms with Crippen LogP contribution in [0.3, 0.4) is 0 Å². The largest absolute Gasteiger partial charge is 0.462 e. The van der Waals surface area contributed by atoms with Crippen LogP contribution in [0.1, 0.15) is 400 Å². The fourth-order valence-corrected chi connectivity index (χ4v) is 10.9. The molecule has 0 spiro atoms. The molecule has 0 aromatic rings. The van der Waals surface area contributed by atoms with Crippen molar-refractivity contribution in [2.45, 2.75) is 406 Å². The minimum atomic E-state index is -0.776. The summed E-state index contributed by atoms with van der Waals surface area (Å²) in [6, 6.07) is 0. The van der Waals surface area contributed by atoms with Gasteiger partial charge >= 0.3 is 17.9 Å². The zero-order valence-electron chi connectivity index (χ0n) is 54.1. The van der Waals surface area contributed by atoms with Crippen molar-refractivity contribution in [3.63, 3.8) is 0 Å². The van der Waals surface area contributed by atoms with Crippen molar-refractivity contribution in [1.82, 2.24) is 0 Å². The molecule has 1 unspecified atom stereocenters. The normalized spacial score (nSPS) is 12.2. The predicted molar refractivity (Wildman–Crippen MR) is 349 cm³/mol. The van der Waals surface area contributed by atoms with Crippen LogP contribution in [0.5, 0.6) is 0 Å². The summed E-state index contributed by atoms with van der Waals surface area (Å²) in [5, 5.41) is 0. The Bertz CT molecular complexity index is 1340. The number of unbranched alkanes of at least 4 members (excludes halogenated alkanes) is 50. The van der Waals surface area contributed by atoms with Crippen molar-refractivity contribution in [3.8, 4) is 0 Å². The van der Waals surface area contributed by atoms with Gasteiger partial charge in [0.15, 0.2) is 6.10 Å². The number of hydrogen-bond donors (Lipinski definition) is 0. The fraction of sp³-hybridized carbons (Fsp3) is 0.878. The summed E-state index contributed by atoms with van der Waals surface area (Å²) in [7, 11) is 0. The summed E-state index contributed by atoms with van der Waals surface area (Å²) < 4.78 is 17.0. The van der Waals surface area contributed by atoms with Gasteiger partial charge in [-0.2, -0.15) is 0 Å². The van der Waals surface area contributed by atoms with Crippen LogP contribution in [0.4, 0.5) is 0 Å². The Morgan fingerprint density at radius 3 is 0.725 bits per heavy atom. The van der Waals surface area contributed by atoms with E-state index < -0.39 is 6.10 Å². The molecule has 0 N–H and O–H groups in total. The van der Waals surface area contributed by atoms with Gasteiger partial charge in [-0.25, -0.2) is 0 Å². The Kier molecular flexibility index (Phi) is 67.1. The van der Waals surface area contributed by atoms with Crippen LogP contribution in [0.2, 0.25) is 0 Å². The van der Waals surface area contributed by atoms with Gasteiger partial charge in [0.25, 0.3) is 0 Å². The first-order valence-corrected chi connectivity index (χ1v) is 36.0. The number of allylic oxidation sites excluding steroid dienone is 6. The zero-order chi connectivity index (χ0) is 57.8. The minimum absolute atomic E-state index is 0.0710. The van der Waals surface area contributed by atoms with Crippen LogP contribution in [0.15, 0.2) is 36.5 Å². The Hall–Kier alpha value is -2.37. The maximum atomic E-state index is 12.9. The molecule has 0 radical (unpaired) electrons. The third-order valence-corrected chi connectivity index (χ3v) is 16.4. The molecule has 0 aliphatic rings. The lowest BCUT2D eigenvalue weighted by molar-refractivity contribution is -0.167. The number of hydrogen-bond acceptors (Lipinski definition) is 6. The molecule has 0 saturated heterocycles. The van der Waals surface area contributed by atoms with Crippen LogP contribution in [0.25, 0.3) is 0 Å². The van der Waals surface area contributed by atoms with Gasteiger partial charge in [0.1, 0.15) is 13.2 Å². The molecule has 0 aliphatic carbocycles. The highest BCUT2D eigenvalue weighted by atomic mass is 16.6. The van der Waals surface area contributed by atoms with Crippen molar-refractivity contribution in [1.29, 1.82) is 0 Å². The highest BCUT2D eigenvalue weighted by Crippen LogP contribution is 2.19. The lowest BCUT2D eigenvalue weighted by Gasteiger charge is -2.18. The first kappa shape index (κ1) is 77.6. The van der Waals surface area contributed by atoms with E-state index in [1.54, 1.807) is 0 Å². The van der Waals surface area contributed by atoms with E-state index >= 15 is 0 Å². The van der Waals surface area contributed by atoms with Gasteiger partial charge in [0, 0.05) is 19.3 Å². The lowest BCUT2D eigenvalue weighted by Crippen LogP contribution is -2.30. The van der Waals surface area contributed by atoms with E-state index in [4.69, 9.17) is 14.2 Å². The molecule has 0 aromatic heterocycles. The second-order valence-electron chi connectivity index (χ2n) is 24.5. The molecule has 0 saturated carbocycles. The number of carbonyl (C=O) groups is 3. The van der Waals surface area contributed by atoms with E-state index in [0.29, 0.717) is 19.3 Å².